The van der Waals surface area contributed by atoms with Gasteiger partial charge in [0.25, 0.3) is 5.91 Å². The molecular formula is C18H24N4O3. The molecule has 134 valence electrons. The van der Waals surface area contributed by atoms with Gasteiger partial charge in [-0.3, -0.25) is 14.3 Å². The monoisotopic (exact) mass is 344 g/mol. The molecule has 25 heavy (non-hydrogen) atoms. The zero-order valence-electron chi connectivity index (χ0n) is 15.1. The molecule has 2 aromatic rings. The Bertz CT molecular complexity index is 850. The first-order chi connectivity index (χ1) is 11.7. The maximum Gasteiger partial charge on any atom is 0.309 e. The van der Waals surface area contributed by atoms with Crippen LogP contribution in [0.15, 0.2) is 6.07 Å². The minimum atomic E-state index is -0.871. The van der Waals surface area contributed by atoms with Crippen LogP contribution < -0.4 is 5.32 Å². The lowest BCUT2D eigenvalue weighted by Crippen LogP contribution is -2.32. The van der Waals surface area contributed by atoms with Gasteiger partial charge in [-0.2, -0.15) is 5.10 Å². The minimum absolute atomic E-state index is 0.202. The first-order valence-corrected chi connectivity index (χ1v) is 8.56. The van der Waals surface area contributed by atoms with Gasteiger partial charge < -0.3 is 10.4 Å². The van der Waals surface area contributed by atoms with Crippen LogP contribution in [0.1, 0.15) is 60.8 Å². The van der Waals surface area contributed by atoms with Crippen molar-refractivity contribution in [1.29, 1.82) is 0 Å². The van der Waals surface area contributed by atoms with Crippen LogP contribution >= 0.6 is 0 Å². The average Bonchev–Trinajstić information content (AvgIpc) is 3.33. The van der Waals surface area contributed by atoms with Crippen molar-refractivity contribution in [3.05, 3.63) is 23.0 Å². The number of fused-ring (bicyclic) bond motifs is 1. The lowest BCUT2D eigenvalue weighted by Gasteiger charge is -2.19. The van der Waals surface area contributed by atoms with Gasteiger partial charge >= 0.3 is 5.97 Å². The highest BCUT2D eigenvalue weighted by atomic mass is 16.4. The van der Waals surface area contributed by atoms with Crippen LogP contribution in [0.25, 0.3) is 11.0 Å². The second kappa shape index (κ2) is 6.13. The Morgan fingerprint density at radius 2 is 2.08 bits per heavy atom. The largest absolute Gasteiger partial charge is 0.481 e. The summed E-state index contributed by atoms with van der Waals surface area (Å²) in [6, 6.07) is 1.87. The van der Waals surface area contributed by atoms with E-state index in [1.165, 1.54) is 0 Å². The molecule has 1 amide bonds. The summed E-state index contributed by atoms with van der Waals surface area (Å²) in [7, 11) is 1.83. The fourth-order valence-electron chi connectivity index (χ4n) is 2.92. The summed E-state index contributed by atoms with van der Waals surface area (Å²) in [6.07, 6.45) is 2.57. The van der Waals surface area contributed by atoms with E-state index in [0.717, 1.165) is 35.3 Å². The standard InChI is InChI=1S/C18H24N4O3/c1-10-14-12(16(23)19-8-7-18(2,3)17(24)25)9-13(11-5-6-11)20-15(14)22(4)21-10/h9,11H,5-8H2,1-4H3,(H,19,23)(H,24,25). The molecule has 1 aliphatic carbocycles. The highest BCUT2D eigenvalue weighted by Gasteiger charge is 2.29. The number of aryl methyl sites for hydroxylation is 2. The summed E-state index contributed by atoms with van der Waals surface area (Å²) >= 11 is 0. The molecule has 7 heteroatoms. The van der Waals surface area contributed by atoms with E-state index in [9.17, 15) is 14.7 Å². The highest BCUT2D eigenvalue weighted by molar-refractivity contribution is 6.06. The molecule has 0 bridgehead atoms. The van der Waals surface area contributed by atoms with Crippen molar-refractivity contribution < 1.29 is 14.7 Å². The Morgan fingerprint density at radius 3 is 2.68 bits per heavy atom. The van der Waals surface area contributed by atoms with E-state index in [-0.39, 0.29) is 5.91 Å². The summed E-state index contributed by atoms with van der Waals surface area (Å²) < 4.78 is 1.71. The van der Waals surface area contributed by atoms with Crippen LogP contribution in [0, 0.1) is 12.3 Å². The maximum atomic E-state index is 12.7. The molecule has 3 rings (SSSR count). The van der Waals surface area contributed by atoms with E-state index in [4.69, 9.17) is 0 Å². The van der Waals surface area contributed by atoms with Crippen LogP contribution in [0.3, 0.4) is 0 Å². The molecule has 1 aliphatic rings. The highest BCUT2D eigenvalue weighted by Crippen LogP contribution is 2.40. The number of aromatic nitrogens is 3. The molecule has 2 aromatic heterocycles. The van der Waals surface area contributed by atoms with Crippen LogP contribution in [0.2, 0.25) is 0 Å². The van der Waals surface area contributed by atoms with Crippen molar-refractivity contribution in [2.75, 3.05) is 6.54 Å². The van der Waals surface area contributed by atoms with Gasteiger partial charge in [0.2, 0.25) is 0 Å². The van der Waals surface area contributed by atoms with Gasteiger partial charge in [0.15, 0.2) is 5.65 Å². The molecule has 7 nitrogen and oxygen atoms in total. The average molecular weight is 344 g/mol. The second-order valence-electron chi connectivity index (χ2n) is 7.47. The minimum Gasteiger partial charge on any atom is -0.481 e. The third kappa shape index (κ3) is 3.36. The zero-order valence-corrected chi connectivity index (χ0v) is 15.1. The number of hydrogen-bond donors (Lipinski definition) is 2. The lowest BCUT2D eigenvalue weighted by atomic mass is 9.89. The Labute approximate surface area is 146 Å². The SMILES string of the molecule is Cc1nn(C)c2nc(C3CC3)cc(C(=O)NCCC(C)(C)C(=O)O)c12. The molecule has 0 aliphatic heterocycles. The quantitative estimate of drug-likeness (QED) is 0.838. The van der Waals surface area contributed by atoms with Gasteiger partial charge in [0.1, 0.15) is 0 Å². The van der Waals surface area contributed by atoms with Crippen molar-refractivity contribution in [3.8, 4) is 0 Å². The first-order valence-electron chi connectivity index (χ1n) is 8.56. The Morgan fingerprint density at radius 1 is 1.40 bits per heavy atom. The van der Waals surface area contributed by atoms with Crippen LogP contribution in [0.5, 0.6) is 0 Å². The molecule has 0 unspecified atom stereocenters. The van der Waals surface area contributed by atoms with E-state index in [2.05, 4.69) is 15.4 Å². The molecule has 0 saturated heterocycles. The van der Waals surface area contributed by atoms with E-state index in [1.54, 1.807) is 18.5 Å². The molecule has 2 N–H and O–H groups in total. The lowest BCUT2D eigenvalue weighted by molar-refractivity contribution is -0.147. The summed E-state index contributed by atoms with van der Waals surface area (Å²) in [6.45, 7) is 5.48. The zero-order chi connectivity index (χ0) is 18.4. The Kier molecular flexibility index (Phi) is 4.26. The van der Waals surface area contributed by atoms with Crippen LogP contribution in [-0.4, -0.2) is 38.3 Å². The molecular weight excluding hydrogens is 320 g/mol. The number of carbonyl (C=O) groups is 2. The molecule has 0 aromatic carbocycles. The number of aliphatic carboxylic acids is 1. The van der Waals surface area contributed by atoms with Gasteiger partial charge in [-0.25, -0.2) is 4.98 Å². The van der Waals surface area contributed by atoms with Gasteiger partial charge in [-0.05, 0) is 46.1 Å². The van der Waals surface area contributed by atoms with Crippen molar-refractivity contribution in [1.82, 2.24) is 20.1 Å². The Balaban J connectivity index is 1.86. The van der Waals surface area contributed by atoms with E-state index in [0.29, 0.717) is 24.4 Å². The third-order valence-electron chi connectivity index (χ3n) is 4.84. The predicted octanol–water partition coefficient (Wildman–Crippen LogP) is 2.38. The van der Waals surface area contributed by atoms with Gasteiger partial charge in [0, 0.05) is 25.2 Å². The number of pyridine rings is 1. The smallest absolute Gasteiger partial charge is 0.309 e. The summed E-state index contributed by atoms with van der Waals surface area (Å²) in [5.74, 6) is -0.643. The normalized spacial score (nSPS) is 14.7. The number of carboxylic acids is 1. The van der Waals surface area contributed by atoms with Crippen LogP contribution in [0.4, 0.5) is 0 Å². The fraction of sp³-hybridized carbons (Fsp3) is 0.556. The van der Waals surface area contributed by atoms with E-state index in [1.807, 2.05) is 20.0 Å². The van der Waals surface area contributed by atoms with Gasteiger partial charge in [-0.15, -0.1) is 0 Å². The molecule has 0 spiro atoms. The van der Waals surface area contributed by atoms with Crippen molar-refractivity contribution in [2.24, 2.45) is 12.5 Å². The van der Waals surface area contributed by atoms with E-state index < -0.39 is 11.4 Å². The molecule has 0 atom stereocenters. The van der Waals surface area contributed by atoms with Gasteiger partial charge in [-0.1, -0.05) is 0 Å². The molecule has 1 saturated carbocycles. The van der Waals surface area contributed by atoms with Crippen molar-refractivity contribution in [3.63, 3.8) is 0 Å². The number of carboxylic acid groups (broad SMARTS) is 1. The number of nitrogens with one attached hydrogen (secondary N) is 1. The summed E-state index contributed by atoms with van der Waals surface area (Å²) in [5, 5.41) is 17.2. The first kappa shape index (κ1) is 17.4. The molecule has 1 fully saturated rings. The molecule has 2 heterocycles. The van der Waals surface area contributed by atoms with Crippen molar-refractivity contribution in [2.45, 2.75) is 46.0 Å². The Hall–Kier alpha value is -2.44. The number of hydrogen-bond acceptors (Lipinski definition) is 4. The summed E-state index contributed by atoms with van der Waals surface area (Å²) in [4.78, 5) is 28.6. The summed E-state index contributed by atoms with van der Waals surface area (Å²) in [5.41, 5.74) is 2.13. The number of rotatable bonds is 6. The van der Waals surface area contributed by atoms with Crippen molar-refractivity contribution >= 4 is 22.9 Å². The number of nitrogens with zero attached hydrogens (tertiary/aromatic N) is 3. The van der Waals surface area contributed by atoms with E-state index >= 15 is 0 Å². The second-order valence-corrected chi connectivity index (χ2v) is 7.47. The van der Waals surface area contributed by atoms with Gasteiger partial charge in [0.05, 0.1) is 22.1 Å². The predicted molar refractivity (Wildman–Crippen MR) is 93.6 cm³/mol. The maximum absolute atomic E-state index is 12.7. The third-order valence-corrected chi connectivity index (χ3v) is 4.84. The van der Waals surface area contributed by atoms with Crippen LogP contribution in [-0.2, 0) is 11.8 Å². The number of amides is 1. The fourth-order valence-corrected chi connectivity index (χ4v) is 2.92. The molecule has 0 radical (unpaired) electrons. The topological polar surface area (TPSA) is 97.1 Å². The number of carbonyl (C=O) groups excluding carboxylic acids is 1.